The Morgan fingerprint density at radius 3 is 2.39 bits per heavy atom. The number of carbonyl (C=O) groups excluding carboxylic acids is 2. The van der Waals surface area contributed by atoms with Crippen molar-refractivity contribution in [1.29, 1.82) is 0 Å². The van der Waals surface area contributed by atoms with E-state index in [1.54, 1.807) is 29.2 Å². The molecule has 2 aromatic carbocycles. The smallest absolute Gasteiger partial charge is 0.242 e. The first-order valence-electron chi connectivity index (χ1n) is 10.8. The van der Waals surface area contributed by atoms with Gasteiger partial charge in [0.2, 0.25) is 11.8 Å². The van der Waals surface area contributed by atoms with E-state index >= 15 is 0 Å². The zero-order valence-corrected chi connectivity index (χ0v) is 22.5. The second kappa shape index (κ2) is 14.3. The normalized spacial score (nSPS) is 11.8. The van der Waals surface area contributed by atoms with Crippen LogP contribution in [0.3, 0.4) is 0 Å². The van der Waals surface area contributed by atoms with Crippen LogP contribution in [0.25, 0.3) is 0 Å². The Labute approximate surface area is 220 Å². The summed E-state index contributed by atoms with van der Waals surface area (Å²) in [5, 5.41) is 4.94. The van der Waals surface area contributed by atoms with Crippen molar-refractivity contribution in [3.05, 3.63) is 67.6 Å². The summed E-state index contributed by atoms with van der Waals surface area (Å²) < 4.78 is 0. The predicted octanol–water partition coefficient (Wildman–Crippen LogP) is 7.26. The number of nitrogens with one attached hydrogen (secondary N) is 1. The van der Waals surface area contributed by atoms with Crippen molar-refractivity contribution in [2.45, 2.75) is 51.4 Å². The van der Waals surface area contributed by atoms with Crippen molar-refractivity contribution in [2.24, 2.45) is 0 Å². The van der Waals surface area contributed by atoms with Gasteiger partial charge in [-0.25, -0.2) is 0 Å². The highest BCUT2D eigenvalue weighted by Crippen LogP contribution is 2.26. The van der Waals surface area contributed by atoms with Gasteiger partial charge in [0.25, 0.3) is 0 Å². The van der Waals surface area contributed by atoms with E-state index in [2.05, 4.69) is 12.2 Å². The van der Waals surface area contributed by atoms with Crippen molar-refractivity contribution < 1.29 is 9.59 Å². The van der Waals surface area contributed by atoms with Crippen molar-refractivity contribution in [3.8, 4) is 0 Å². The zero-order chi connectivity index (χ0) is 24.4. The van der Waals surface area contributed by atoms with Gasteiger partial charge in [0, 0.05) is 28.9 Å². The van der Waals surface area contributed by atoms with Crippen LogP contribution in [0.2, 0.25) is 20.1 Å². The van der Waals surface area contributed by atoms with E-state index in [0.717, 1.165) is 24.0 Å². The lowest BCUT2D eigenvalue weighted by molar-refractivity contribution is -0.139. The highest BCUT2D eigenvalue weighted by atomic mass is 35.5. The number of hydrogen-bond acceptors (Lipinski definition) is 3. The van der Waals surface area contributed by atoms with Gasteiger partial charge >= 0.3 is 0 Å². The fourth-order valence-electron chi connectivity index (χ4n) is 3.23. The Kier molecular flexibility index (Phi) is 12.2. The van der Waals surface area contributed by atoms with Gasteiger partial charge in [-0.1, -0.05) is 78.8 Å². The third kappa shape index (κ3) is 8.88. The molecule has 0 bridgehead atoms. The van der Waals surface area contributed by atoms with Crippen LogP contribution in [0.4, 0.5) is 0 Å². The molecule has 2 amide bonds. The number of nitrogens with zero attached hydrogens (tertiary/aromatic N) is 1. The van der Waals surface area contributed by atoms with E-state index in [-0.39, 0.29) is 24.1 Å². The summed E-state index contributed by atoms with van der Waals surface area (Å²) in [7, 11) is 0. The molecule has 0 spiro atoms. The summed E-state index contributed by atoms with van der Waals surface area (Å²) in [4.78, 5) is 27.8. The average molecular weight is 550 g/mol. The van der Waals surface area contributed by atoms with Crippen LogP contribution < -0.4 is 5.32 Å². The van der Waals surface area contributed by atoms with Crippen molar-refractivity contribution in [3.63, 3.8) is 0 Å². The minimum Gasteiger partial charge on any atom is -0.354 e. The first kappa shape index (κ1) is 28.1. The molecule has 0 fully saturated rings. The monoisotopic (exact) mass is 548 g/mol. The molecule has 1 unspecified atom stereocenters. The second-order valence-corrected chi connectivity index (χ2v) is 10.2. The number of unbranched alkanes of at least 4 members (excludes halogenated alkanes) is 1. The molecule has 0 saturated heterocycles. The van der Waals surface area contributed by atoms with Crippen LogP contribution in [0.15, 0.2) is 36.4 Å². The predicted molar refractivity (Wildman–Crippen MR) is 142 cm³/mol. The number of halogens is 4. The van der Waals surface area contributed by atoms with E-state index in [1.165, 1.54) is 11.8 Å². The Bertz CT molecular complexity index is 958. The number of hydrogen-bond donors (Lipinski definition) is 1. The van der Waals surface area contributed by atoms with Crippen molar-refractivity contribution >= 4 is 70.0 Å². The molecule has 2 aromatic rings. The molecule has 180 valence electrons. The highest BCUT2D eigenvalue weighted by Gasteiger charge is 2.28. The Hall–Kier alpha value is -1.11. The van der Waals surface area contributed by atoms with Gasteiger partial charge < -0.3 is 10.2 Å². The maximum atomic E-state index is 13.3. The minimum absolute atomic E-state index is 0.131. The van der Waals surface area contributed by atoms with Crippen LogP contribution in [0, 0.1) is 0 Å². The SMILES string of the molecule is CCCCNC(=O)C(CC)N(Cc1ccc(Cl)c(Cl)c1)C(=O)CSCc1ccc(Cl)cc1Cl. The van der Waals surface area contributed by atoms with Gasteiger partial charge in [0.1, 0.15) is 6.04 Å². The molecule has 4 nitrogen and oxygen atoms in total. The van der Waals surface area contributed by atoms with Gasteiger partial charge in [-0.2, -0.15) is 0 Å². The summed E-state index contributed by atoms with van der Waals surface area (Å²) in [6.07, 6.45) is 2.37. The lowest BCUT2D eigenvalue weighted by Crippen LogP contribution is -2.49. The number of amides is 2. The van der Waals surface area contributed by atoms with Crippen LogP contribution in [-0.2, 0) is 21.9 Å². The van der Waals surface area contributed by atoms with Gasteiger partial charge in [-0.15, -0.1) is 11.8 Å². The standard InChI is InChI=1S/C24H28Cl4N2O2S/c1-3-5-10-29-24(32)22(4-2)30(13-16-6-9-19(26)21(28)11-16)23(31)15-33-14-17-7-8-18(25)12-20(17)27/h6-9,11-12,22H,3-5,10,13-15H2,1-2H3,(H,29,32). The van der Waals surface area contributed by atoms with E-state index < -0.39 is 6.04 Å². The topological polar surface area (TPSA) is 49.4 Å². The van der Waals surface area contributed by atoms with Gasteiger partial charge in [-0.05, 0) is 48.2 Å². The third-order valence-electron chi connectivity index (χ3n) is 5.05. The molecule has 1 N–H and O–H groups in total. The molecule has 1 atom stereocenters. The molecule has 0 aromatic heterocycles. The van der Waals surface area contributed by atoms with Crippen LogP contribution in [-0.4, -0.2) is 35.1 Å². The van der Waals surface area contributed by atoms with E-state index in [9.17, 15) is 9.59 Å². The molecule has 0 aliphatic heterocycles. The Balaban J connectivity index is 2.15. The van der Waals surface area contributed by atoms with Gasteiger partial charge in [0.15, 0.2) is 0 Å². The lowest BCUT2D eigenvalue weighted by atomic mass is 10.1. The number of thioether (sulfide) groups is 1. The van der Waals surface area contributed by atoms with Gasteiger partial charge in [0.05, 0.1) is 15.8 Å². The summed E-state index contributed by atoms with van der Waals surface area (Å²) in [6, 6.07) is 9.97. The number of benzene rings is 2. The van der Waals surface area contributed by atoms with Gasteiger partial charge in [-0.3, -0.25) is 9.59 Å². The largest absolute Gasteiger partial charge is 0.354 e. The first-order valence-corrected chi connectivity index (χ1v) is 13.5. The molecule has 9 heteroatoms. The number of rotatable bonds is 12. The molecule has 33 heavy (non-hydrogen) atoms. The van der Waals surface area contributed by atoms with Crippen molar-refractivity contribution in [1.82, 2.24) is 10.2 Å². The molecule has 0 saturated carbocycles. The molecular weight excluding hydrogens is 522 g/mol. The summed E-state index contributed by atoms with van der Waals surface area (Å²) in [5.74, 6) is 0.486. The lowest BCUT2D eigenvalue weighted by Gasteiger charge is -2.30. The maximum absolute atomic E-state index is 13.3. The quantitative estimate of drug-likeness (QED) is 0.283. The highest BCUT2D eigenvalue weighted by molar-refractivity contribution is 7.99. The average Bonchev–Trinajstić information content (AvgIpc) is 2.77. The minimum atomic E-state index is -0.580. The summed E-state index contributed by atoms with van der Waals surface area (Å²) >= 11 is 25.9. The molecule has 2 rings (SSSR count). The molecule has 0 heterocycles. The van der Waals surface area contributed by atoms with Crippen LogP contribution >= 0.6 is 58.2 Å². The van der Waals surface area contributed by atoms with Crippen molar-refractivity contribution in [2.75, 3.05) is 12.3 Å². The Morgan fingerprint density at radius 1 is 1.00 bits per heavy atom. The van der Waals surface area contributed by atoms with Crippen LogP contribution in [0.1, 0.15) is 44.2 Å². The fraction of sp³-hybridized carbons (Fsp3) is 0.417. The third-order valence-corrected chi connectivity index (χ3v) is 7.34. The molecule has 0 aliphatic rings. The molecular formula is C24H28Cl4N2O2S. The van der Waals surface area contributed by atoms with E-state index in [0.29, 0.717) is 38.8 Å². The van der Waals surface area contributed by atoms with E-state index in [1.807, 2.05) is 19.1 Å². The first-order chi connectivity index (χ1) is 15.8. The summed E-state index contributed by atoms with van der Waals surface area (Å²) in [5.41, 5.74) is 1.71. The second-order valence-electron chi connectivity index (χ2n) is 7.57. The zero-order valence-electron chi connectivity index (χ0n) is 18.7. The van der Waals surface area contributed by atoms with Crippen LogP contribution in [0.5, 0.6) is 0 Å². The fourth-order valence-corrected chi connectivity index (χ4v) is 5.02. The number of carbonyl (C=O) groups is 2. The Morgan fingerprint density at radius 2 is 1.76 bits per heavy atom. The van der Waals surface area contributed by atoms with E-state index in [4.69, 9.17) is 46.4 Å². The summed E-state index contributed by atoms with van der Waals surface area (Å²) in [6.45, 7) is 4.82. The molecule has 0 radical (unpaired) electrons. The molecule has 0 aliphatic carbocycles. The maximum Gasteiger partial charge on any atom is 0.242 e.